The summed E-state index contributed by atoms with van der Waals surface area (Å²) in [6.45, 7) is 1.65. The second kappa shape index (κ2) is 9.91. The molecule has 0 bridgehead atoms. The fraction of sp³-hybridized carbons (Fsp3) is 0.115. The molecule has 1 N–H and O–H groups in total. The zero-order chi connectivity index (χ0) is 23.2. The molecule has 166 valence electrons. The Morgan fingerprint density at radius 1 is 0.939 bits per heavy atom. The Morgan fingerprint density at radius 3 is 2.21 bits per heavy atom. The monoisotopic (exact) mass is 442 g/mol. The van der Waals surface area contributed by atoms with Crippen LogP contribution in [0.4, 0.5) is 10.2 Å². The molecule has 3 aromatic carbocycles. The first-order valence-electron chi connectivity index (χ1n) is 10.5. The van der Waals surface area contributed by atoms with Crippen molar-refractivity contribution in [3.63, 3.8) is 0 Å². The number of benzene rings is 3. The molecule has 33 heavy (non-hydrogen) atoms. The van der Waals surface area contributed by atoms with Crippen molar-refractivity contribution >= 4 is 17.6 Å². The predicted molar refractivity (Wildman–Crippen MR) is 125 cm³/mol. The molecule has 0 radical (unpaired) electrons. The minimum atomic E-state index is -0.363. The molecule has 4 rings (SSSR count). The molecule has 1 aromatic heterocycles. The highest BCUT2D eigenvalue weighted by atomic mass is 19.1. The largest absolute Gasteiger partial charge is 0.329 e. The molecule has 1 heterocycles. The van der Waals surface area contributed by atoms with Crippen LogP contribution in [0.3, 0.4) is 0 Å². The van der Waals surface area contributed by atoms with Gasteiger partial charge in [-0.05, 0) is 29.8 Å². The first-order valence-corrected chi connectivity index (χ1v) is 10.5. The zero-order valence-corrected chi connectivity index (χ0v) is 18.1. The molecule has 0 aliphatic rings. The number of hydrogen-bond acceptors (Lipinski definition) is 3. The van der Waals surface area contributed by atoms with E-state index >= 15 is 0 Å². The molecular weight excluding hydrogens is 419 g/mol. The predicted octanol–water partition coefficient (Wildman–Crippen LogP) is 4.67. The van der Waals surface area contributed by atoms with Gasteiger partial charge < -0.3 is 10.2 Å². The Hall–Kier alpha value is -4.26. The summed E-state index contributed by atoms with van der Waals surface area (Å²) < 4.78 is 15.0. The van der Waals surface area contributed by atoms with Crippen molar-refractivity contribution in [2.24, 2.45) is 0 Å². The summed E-state index contributed by atoms with van der Waals surface area (Å²) in [6, 6.07) is 26.6. The highest BCUT2D eigenvalue weighted by Crippen LogP contribution is 2.25. The number of nitrogens with one attached hydrogen (secondary N) is 1. The average molecular weight is 442 g/mol. The van der Waals surface area contributed by atoms with E-state index in [9.17, 15) is 14.0 Å². The van der Waals surface area contributed by atoms with Crippen LogP contribution < -0.4 is 5.32 Å². The van der Waals surface area contributed by atoms with Crippen molar-refractivity contribution in [2.75, 3.05) is 11.9 Å². The molecule has 0 saturated heterocycles. The third kappa shape index (κ3) is 5.51. The molecule has 0 spiro atoms. The van der Waals surface area contributed by atoms with Gasteiger partial charge in [-0.15, -0.1) is 0 Å². The van der Waals surface area contributed by atoms with Crippen molar-refractivity contribution in [3.05, 3.63) is 102 Å². The van der Waals surface area contributed by atoms with Crippen LogP contribution in [0.1, 0.15) is 12.5 Å². The standard InChI is InChI=1S/C26H23FN4O2/c1-19(32)30(17-20-8-4-2-5-9-20)18-26(33)28-25-16-24(21-10-6-3-7-11-21)29-31(25)23-14-12-22(27)13-15-23/h2-16H,17-18H2,1H3,(H,28,33). The van der Waals surface area contributed by atoms with Gasteiger partial charge in [-0.3, -0.25) is 9.59 Å². The van der Waals surface area contributed by atoms with Crippen molar-refractivity contribution in [2.45, 2.75) is 13.5 Å². The van der Waals surface area contributed by atoms with Gasteiger partial charge in [0, 0.05) is 25.1 Å². The summed E-state index contributed by atoms with van der Waals surface area (Å²) >= 11 is 0. The van der Waals surface area contributed by atoms with Crippen LogP contribution in [0.5, 0.6) is 0 Å². The number of hydrogen-bond donors (Lipinski definition) is 1. The summed E-state index contributed by atoms with van der Waals surface area (Å²) in [7, 11) is 0. The van der Waals surface area contributed by atoms with Crippen LogP contribution in [0, 0.1) is 5.82 Å². The minimum absolute atomic E-state index is 0.112. The van der Waals surface area contributed by atoms with Gasteiger partial charge in [0.2, 0.25) is 11.8 Å². The van der Waals surface area contributed by atoms with Gasteiger partial charge in [0.15, 0.2) is 0 Å². The summed E-state index contributed by atoms with van der Waals surface area (Å²) in [5, 5.41) is 7.47. The van der Waals surface area contributed by atoms with Crippen LogP contribution in [-0.4, -0.2) is 33.0 Å². The van der Waals surface area contributed by atoms with Gasteiger partial charge in [-0.2, -0.15) is 5.10 Å². The third-order valence-corrected chi connectivity index (χ3v) is 5.11. The number of nitrogens with zero attached hydrogens (tertiary/aromatic N) is 3. The van der Waals surface area contributed by atoms with Gasteiger partial charge in [-0.1, -0.05) is 60.7 Å². The Morgan fingerprint density at radius 2 is 1.58 bits per heavy atom. The van der Waals surface area contributed by atoms with E-state index in [1.165, 1.54) is 24.0 Å². The highest BCUT2D eigenvalue weighted by Gasteiger charge is 2.18. The molecule has 4 aromatic rings. The molecule has 0 aliphatic carbocycles. The van der Waals surface area contributed by atoms with Crippen LogP contribution in [0.25, 0.3) is 16.9 Å². The van der Waals surface area contributed by atoms with E-state index in [0.717, 1.165) is 11.1 Å². The van der Waals surface area contributed by atoms with Gasteiger partial charge in [0.25, 0.3) is 0 Å². The van der Waals surface area contributed by atoms with Gasteiger partial charge >= 0.3 is 0 Å². The van der Waals surface area contributed by atoms with Crippen molar-refractivity contribution in [1.82, 2.24) is 14.7 Å². The summed E-state index contributed by atoms with van der Waals surface area (Å²) in [5.74, 6) is -0.499. The van der Waals surface area contributed by atoms with Gasteiger partial charge in [-0.25, -0.2) is 9.07 Å². The normalized spacial score (nSPS) is 10.6. The maximum absolute atomic E-state index is 13.4. The minimum Gasteiger partial charge on any atom is -0.329 e. The van der Waals surface area contributed by atoms with Gasteiger partial charge in [0.05, 0.1) is 11.4 Å². The number of carbonyl (C=O) groups is 2. The second-order valence-corrected chi connectivity index (χ2v) is 7.58. The number of amides is 2. The van der Waals surface area contributed by atoms with E-state index in [4.69, 9.17) is 0 Å². The fourth-order valence-corrected chi connectivity index (χ4v) is 3.44. The quantitative estimate of drug-likeness (QED) is 0.453. The summed E-state index contributed by atoms with van der Waals surface area (Å²) in [5.41, 5.74) is 3.07. The van der Waals surface area contributed by atoms with Crippen LogP contribution in [-0.2, 0) is 16.1 Å². The Bertz CT molecular complexity index is 1240. The van der Waals surface area contributed by atoms with E-state index in [2.05, 4.69) is 10.4 Å². The van der Waals surface area contributed by atoms with E-state index in [1.54, 1.807) is 22.9 Å². The lowest BCUT2D eigenvalue weighted by Crippen LogP contribution is -2.36. The maximum Gasteiger partial charge on any atom is 0.245 e. The molecule has 6 nitrogen and oxygen atoms in total. The Labute approximate surface area is 191 Å². The lowest BCUT2D eigenvalue weighted by Gasteiger charge is -2.20. The van der Waals surface area contributed by atoms with Crippen molar-refractivity contribution in [3.8, 4) is 16.9 Å². The van der Waals surface area contributed by atoms with Crippen LogP contribution in [0.15, 0.2) is 91.0 Å². The number of halogens is 1. The highest BCUT2D eigenvalue weighted by molar-refractivity contribution is 5.94. The molecule has 0 unspecified atom stereocenters. The average Bonchev–Trinajstić information content (AvgIpc) is 3.24. The summed E-state index contributed by atoms with van der Waals surface area (Å²) in [6.07, 6.45) is 0. The second-order valence-electron chi connectivity index (χ2n) is 7.58. The molecule has 0 fully saturated rings. The Kier molecular flexibility index (Phi) is 6.59. The van der Waals surface area contributed by atoms with E-state index in [1.807, 2.05) is 60.7 Å². The molecule has 2 amide bonds. The lowest BCUT2D eigenvalue weighted by atomic mass is 10.1. The summed E-state index contributed by atoms with van der Waals surface area (Å²) in [4.78, 5) is 26.5. The Balaban J connectivity index is 1.59. The first-order chi connectivity index (χ1) is 16.0. The van der Waals surface area contributed by atoms with Crippen molar-refractivity contribution < 1.29 is 14.0 Å². The molecule has 0 aliphatic heterocycles. The fourth-order valence-electron chi connectivity index (χ4n) is 3.44. The van der Waals surface area contributed by atoms with Crippen LogP contribution >= 0.6 is 0 Å². The topological polar surface area (TPSA) is 67.2 Å². The SMILES string of the molecule is CC(=O)N(CC(=O)Nc1cc(-c2ccccc2)nn1-c1ccc(F)cc1)Cc1ccccc1. The van der Waals surface area contributed by atoms with E-state index in [-0.39, 0.29) is 24.2 Å². The number of aromatic nitrogens is 2. The smallest absolute Gasteiger partial charge is 0.245 e. The number of rotatable bonds is 7. The first kappa shape index (κ1) is 22.0. The third-order valence-electron chi connectivity index (χ3n) is 5.11. The van der Waals surface area contributed by atoms with E-state index < -0.39 is 0 Å². The molecular formula is C26H23FN4O2. The van der Waals surface area contributed by atoms with Gasteiger partial charge in [0.1, 0.15) is 18.2 Å². The van der Waals surface area contributed by atoms with Crippen LogP contribution in [0.2, 0.25) is 0 Å². The molecule has 0 atom stereocenters. The molecule has 0 saturated carbocycles. The molecule has 7 heteroatoms. The zero-order valence-electron chi connectivity index (χ0n) is 18.1. The maximum atomic E-state index is 13.4. The number of anilines is 1. The number of carbonyl (C=O) groups excluding carboxylic acids is 2. The van der Waals surface area contributed by atoms with Crippen molar-refractivity contribution in [1.29, 1.82) is 0 Å². The lowest BCUT2D eigenvalue weighted by molar-refractivity contribution is -0.133. The van der Waals surface area contributed by atoms with E-state index in [0.29, 0.717) is 23.7 Å².